The summed E-state index contributed by atoms with van der Waals surface area (Å²) >= 11 is 0. The molecule has 30 heavy (non-hydrogen) atoms. The Labute approximate surface area is 175 Å². The smallest absolute Gasteiger partial charge is 0.406 e. The van der Waals surface area contributed by atoms with Crippen LogP contribution >= 0.6 is 7.82 Å². The molecular weight excluding hydrogens is 409 g/mol. The number of hydrogen-bond donors (Lipinski definition) is 1. The largest absolute Gasteiger partial charge is 0.529 e. The zero-order valence-electron chi connectivity index (χ0n) is 17.0. The van der Waals surface area contributed by atoms with Gasteiger partial charge >= 0.3 is 7.82 Å². The molecule has 0 spiro atoms. The highest BCUT2D eigenvalue weighted by Crippen LogP contribution is 2.59. The second-order valence-electron chi connectivity index (χ2n) is 7.73. The maximum Gasteiger partial charge on any atom is 0.529 e. The van der Waals surface area contributed by atoms with Crippen LogP contribution in [-0.2, 0) is 27.7 Å². The van der Waals surface area contributed by atoms with Crippen molar-refractivity contribution in [2.24, 2.45) is 17.8 Å². The lowest BCUT2D eigenvalue weighted by atomic mass is 9.69. The van der Waals surface area contributed by atoms with Gasteiger partial charge in [0.15, 0.2) is 0 Å². The molecule has 1 heterocycles. The van der Waals surface area contributed by atoms with Gasteiger partial charge < -0.3 is 9.63 Å². The number of benzene rings is 1. The molecule has 0 aromatic heterocycles. The van der Waals surface area contributed by atoms with Crippen molar-refractivity contribution in [3.8, 4) is 0 Å². The number of nitrogens with zero attached hydrogens (tertiary/aromatic N) is 1. The third kappa shape index (κ3) is 3.32. The number of phosphoric acid groups is 1. The number of rotatable bonds is 7. The SMILES string of the molecule is CCOP(=O)(OCC)OC1=C[C@H]2C(=O)N(c3ccccc3)C(=O)[C@H]2[C@H]2CCC[C@]12O. The Kier molecular flexibility index (Phi) is 5.62. The summed E-state index contributed by atoms with van der Waals surface area (Å²) in [7, 11) is -3.96. The lowest BCUT2D eigenvalue weighted by Gasteiger charge is -2.40. The first kappa shape index (κ1) is 21.2. The highest BCUT2D eigenvalue weighted by molar-refractivity contribution is 7.48. The van der Waals surface area contributed by atoms with E-state index in [1.807, 2.05) is 6.07 Å². The molecule has 2 aliphatic carbocycles. The summed E-state index contributed by atoms with van der Waals surface area (Å²) in [6.45, 7) is 3.50. The van der Waals surface area contributed by atoms with Crippen LogP contribution in [0.15, 0.2) is 42.2 Å². The number of aliphatic hydroxyl groups is 1. The van der Waals surface area contributed by atoms with Gasteiger partial charge in [-0.2, -0.15) is 0 Å². The Balaban J connectivity index is 1.74. The van der Waals surface area contributed by atoms with Crippen LogP contribution in [0.2, 0.25) is 0 Å². The third-order valence-corrected chi connectivity index (χ3v) is 7.64. The van der Waals surface area contributed by atoms with Gasteiger partial charge in [0.1, 0.15) is 11.4 Å². The number of amides is 2. The van der Waals surface area contributed by atoms with Crippen LogP contribution in [0.4, 0.5) is 5.69 Å². The van der Waals surface area contributed by atoms with Crippen LogP contribution in [0.3, 0.4) is 0 Å². The van der Waals surface area contributed by atoms with Gasteiger partial charge in [-0.1, -0.05) is 18.2 Å². The number of phosphoric ester groups is 1. The Morgan fingerprint density at radius 2 is 1.80 bits per heavy atom. The molecule has 8 nitrogen and oxygen atoms in total. The number of carbonyl (C=O) groups is 2. The molecule has 9 heteroatoms. The molecule has 0 unspecified atom stereocenters. The molecule has 1 saturated heterocycles. The molecule has 1 N–H and O–H groups in total. The summed E-state index contributed by atoms with van der Waals surface area (Å²) in [5, 5.41) is 11.5. The van der Waals surface area contributed by atoms with Gasteiger partial charge in [0.05, 0.1) is 30.7 Å². The minimum atomic E-state index is -3.96. The number of fused-ring (bicyclic) bond motifs is 3. The first-order chi connectivity index (χ1) is 14.3. The van der Waals surface area contributed by atoms with Crippen LogP contribution in [0.25, 0.3) is 0 Å². The fourth-order valence-corrected chi connectivity index (χ4v) is 6.16. The van der Waals surface area contributed by atoms with Gasteiger partial charge in [-0.15, -0.1) is 0 Å². The van der Waals surface area contributed by atoms with Crippen molar-refractivity contribution in [3.05, 3.63) is 42.2 Å². The molecule has 2 fully saturated rings. The number of imide groups is 1. The van der Waals surface area contributed by atoms with E-state index >= 15 is 0 Å². The summed E-state index contributed by atoms with van der Waals surface area (Å²) in [4.78, 5) is 27.6. The Hall–Kier alpha value is -1.99. The van der Waals surface area contributed by atoms with E-state index < -0.39 is 31.2 Å². The molecule has 3 aliphatic rings. The van der Waals surface area contributed by atoms with Crippen molar-refractivity contribution in [2.75, 3.05) is 18.1 Å². The van der Waals surface area contributed by atoms with E-state index in [1.165, 1.54) is 11.0 Å². The lowest BCUT2D eigenvalue weighted by Crippen LogP contribution is -2.47. The minimum Gasteiger partial charge on any atom is -0.406 e. The fraction of sp³-hybridized carbons (Fsp3) is 0.524. The Morgan fingerprint density at radius 1 is 1.13 bits per heavy atom. The van der Waals surface area contributed by atoms with Gasteiger partial charge in [0.2, 0.25) is 11.8 Å². The molecule has 1 saturated carbocycles. The molecule has 1 aromatic carbocycles. The molecular formula is C21H26NO7P. The van der Waals surface area contributed by atoms with Crippen molar-refractivity contribution in [3.63, 3.8) is 0 Å². The van der Waals surface area contributed by atoms with Crippen molar-refractivity contribution in [1.29, 1.82) is 0 Å². The van der Waals surface area contributed by atoms with Gasteiger partial charge in [0.25, 0.3) is 0 Å². The van der Waals surface area contributed by atoms with Crippen molar-refractivity contribution < 1.29 is 32.8 Å². The average Bonchev–Trinajstić information content (AvgIpc) is 3.21. The lowest BCUT2D eigenvalue weighted by molar-refractivity contribution is -0.127. The first-order valence-corrected chi connectivity index (χ1v) is 11.8. The molecule has 0 radical (unpaired) electrons. The van der Waals surface area contributed by atoms with Crippen molar-refractivity contribution in [2.45, 2.75) is 38.7 Å². The Morgan fingerprint density at radius 3 is 2.43 bits per heavy atom. The van der Waals surface area contributed by atoms with E-state index in [-0.39, 0.29) is 30.8 Å². The minimum absolute atomic E-state index is 0.00699. The van der Waals surface area contributed by atoms with E-state index in [0.717, 1.165) is 0 Å². The fourth-order valence-electron chi connectivity index (χ4n) is 4.88. The number of anilines is 1. The van der Waals surface area contributed by atoms with E-state index in [1.54, 1.807) is 38.1 Å². The van der Waals surface area contributed by atoms with Crippen LogP contribution in [0.1, 0.15) is 33.1 Å². The van der Waals surface area contributed by atoms with Crippen LogP contribution < -0.4 is 4.90 Å². The summed E-state index contributed by atoms with van der Waals surface area (Å²) in [5.41, 5.74) is -0.998. The number of hydrogen-bond acceptors (Lipinski definition) is 7. The van der Waals surface area contributed by atoms with Crippen LogP contribution in [0, 0.1) is 17.8 Å². The maximum absolute atomic E-state index is 13.3. The predicted octanol–water partition coefficient (Wildman–Crippen LogP) is 3.42. The van der Waals surface area contributed by atoms with Gasteiger partial charge in [-0.3, -0.25) is 18.6 Å². The van der Waals surface area contributed by atoms with E-state index in [9.17, 15) is 19.3 Å². The molecule has 162 valence electrons. The zero-order valence-corrected chi connectivity index (χ0v) is 17.9. The molecule has 4 rings (SSSR count). The second kappa shape index (κ2) is 7.93. The molecule has 1 aromatic rings. The molecule has 2 amide bonds. The normalized spacial score (nSPS) is 30.8. The second-order valence-corrected chi connectivity index (χ2v) is 9.32. The maximum atomic E-state index is 13.3. The van der Waals surface area contributed by atoms with Crippen LogP contribution in [-0.4, -0.2) is 35.7 Å². The summed E-state index contributed by atoms with van der Waals surface area (Å²) in [6, 6.07) is 8.73. The quantitative estimate of drug-likeness (QED) is 0.517. The van der Waals surface area contributed by atoms with Gasteiger partial charge in [-0.05, 0) is 51.3 Å². The standard InChI is InChI=1S/C21H26NO7P/c1-3-27-30(26,28-4-2)29-17-13-15-18(16-11-8-12-21(16,17)25)20(24)22(19(15)23)14-9-6-5-7-10-14/h5-7,9-10,13,15-16,18,25H,3-4,8,11-12H2,1-2H3/t15-,16-,18-,21-/m1/s1. The third-order valence-electron chi connectivity index (χ3n) is 6.07. The van der Waals surface area contributed by atoms with Gasteiger partial charge in [-0.25, -0.2) is 9.46 Å². The molecule has 1 aliphatic heterocycles. The topological polar surface area (TPSA) is 102 Å². The van der Waals surface area contributed by atoms with Gasteiger partial charge in [0, 0.05) is 5.92 Å². The number of carbonyl (C=O) groups excluding carboxylic acids is 2. The summed E-state index contributed by atoms with van der Waals surface area (Å²) in [5.74, 6) is -2.69. The average molecular weight is 435 g/mol. The zero-order chi connectivity index (χ0) is 21.5. The monoisotopic (exact) mass is 435 g/mol. The highest BCUT2D eigenvalue weighted by atomic mass is 31.2. The van der Waals surface area contributed by atoms with Crippen molar-refractivity contribution >= 4 is 25.3 Å². The van der Waals surface area contributed by atoms with Crippen molar-refractivity contribution in [1.82, 2.24) is 0 Å². The van der Waals surface area contributed by atoms with Crippen LogP contribution in [0.5, 0.6) is 0 Å². The Bertz CT molecular complexity index is 907. The van der Waals surface area contributed by atoms with E-state index in [4.69, 9.17) is 13.6 Å². The predicted molar refractivity (Wildman–Crippen MR) is 108 cm³/mol. The summed E-state index contributed by atoms with van der Waals surface area (Å²) < 4.78 is 29.0. The molecule has 4 atom stereocenters. The molecule has 0 bridgehead atoms. The number of para-hydroxylation sites is 1. The highest BCUT2D eigenvalue weighted by Gasteiger charge is 2.62. The summed E-state index contributed by atoms with van der Waals surface area (Å²) in [6.07, 6.45) is 3.01. The van der Waals surface area contributed by atoms with E-state index in [2.05, 4.69) is 0 Å². The van der Waals surface area contributed by atoms with E-state index in [0.29, 0.717) is 24.9 Å². The first-order valence-electron chi connectivity index (χ1n) is 10.3.